The number of hydrogen-bond acceptors (Lipinski definition) is 7. The lowest BCUT2D eigenvalue weighted by Gasteiger charge is -2.26. The molecule has 12 heteroatoms. The molecule has 2 aliphatic heterocycles. The van der Waals surface area contributed by atoms with E-state index in [0.29, 0.717) is 56.4 Å². The van der Waals surface area contributed by atoms with Gasteiger partial charge in [-0.2, -0.15) is 8.61 Å². The van der Waals surface area contributed by atoms with Gasteiger partial charge in [-0.05, 0) is 67.3 Å². The van der Waals surface area contributed by atoms with Crippen LogP contribution in [0.15, 0.2) is 52.3 Å². The van der Waals surface area contributed by atoms with E-state index in [1.807, 2.05) is 0 Å². The Hall–Kier alpha value is -2.51. The number of methoxy groups -OCH3 is 1. The molecule has 2 heterocycles. The Morgan fingerprint density at radius 2 is 1.46 bits per heavy atom. The third-order valence-corrected chi connectivity index (χ3v) is 10.4. The van der Waals surface area contributed by atoms with E-state index in [4.69, 9.17) is 9.47 Å². The van der Waals surface area contributed by atoms with Gasteiger partial charge in [-0.3, -0.25) is 4.79 Å². The van der Waals surface area contributed by atoms with E-state index < -0.39 is 20.0 Å². The Morgan fingerprint density at radius 1 is 0.865 bits per heavy atom. The second-order valence-corrected chi connectivity index (χ2v) is 12.9. The Balaban J connectivity index is 1.39. The maximum atomic E-state index is 13.1. The predicted molar refractivity (Wildman–Crippen MR) is 139 cm³/mol. The van der Waals surface area contributed by atoms with Gasteiger partial charge in [0.05, 0.1) is 30.1 Å². The van der Waals surface area contributed by atoms with Crippen molar-refractivity contribution >= 4 is 31.6 Å². The maximum Gasteiger partial charge on any atom is 0.243 e. The van der Waals surface area contributed by atoms with E-state index >= 15 is 0 Å². The summed E-state index contributed by atoms with van der Waals surface area (Å²) in [4.78, 5) is 13.0. The number of nitrogens with one attached hydrogen (secondary N) is 1. The van der Waals surface area contributed by atoms with Crippen LogP contribution >= 0.6 is 0 Å². The fraction of sp³-hybridized carbons (Fsp3) is 0.480. The number of sulfonamides is 2. The van der Waals surface area contributed by atoms with Crippen LogP contribution in [0, 0.1) is 0 Å². The summed E-state index contributed by atoms with van der Waals surface area (Å²) >= 11 is 0. The summed E-state index contributed by atoms with van der Waals surface area (Å²) in [6.07, 6.45) is 3.10. The molecule has 4 rings (SSSR count). The molecule has 2 aromatic rings. The molecule has 2 aliphatic rings. The van der Waals surface area contributed by atoms with Crippen LogP contribution in [-0.4, -0.2) is 77.9 Å². The second kappa shape index (κ2) is 11.9. The number of rotatable bonds is 9. The van der Waals surface area contributed by atoms with Gasteiger partial charge >= 0.3 is 0 Å². The van der Waals surface area contributed by atoms with Crippen molar-refractivity contribution < 1.29 is 31.1 Å². The molecule has 37 heavy (non-hydrogen) atoms. The molecule has 1 amide bonds. The molecular formula is C25H33N3O7S2. The van der Waals surface area contributed by atoms with Crippen molar-refractivity contribution in [2.45, 2.75) is 41.9 Å². The quantitative estimate of drug-likeness (QED) is 0.508. The third kappa shape index (κ3) is 6.50. The molecule has 0 unspecified atom stereocenters. The van der Waals surface area contributed by atoms with Crippen LogP contribution in [0.25, 0.3) is 0 Å². The number of piperidine rings is 1. The zero-order valence-electron chi connectivity index (χ0n) is 20.9. The van der Waals surface area contributed by atoms with Gasteiger partial charge in [0.15, 0.2) is 0 Å². The van der Waals surface area contributed by atoms with Crippen molar-refractivity contribution in [3.05, 3.63) is 48.0 Å². The number of benzene rings is 2. The highest BCUT2D eigenvalue weighted by Crippen LogP contribution is 2.27. The van der Waals surface area contributed by atoms with Crippen molar-refractivity contribution in [3.63, 3.8) is 0 Å². The molecule has 0 spiro atoms. The molecule has 0 radical (unpaired) electrons. The second-order valence-electron chi connectivity index (χ2n) is 9.03. The monoisotopic (exact) mass is 551 g/mol. The van der Waals surface area contributed by atoms with Crippen molar-refractivity contribution in [2.24, 2.45) is 0 Å². The predicted octanol–water partition coefficient (Wildman–Crippen LogP) is 2.46. The maximum absolute atomic E-state index is 13.1. The molecular weight excluding hydrogens is 518 g/mol. The highest BCUT2D eigenvalue weighted by atomic mass is 32.2. The van der Waals surface area contributed by atoms with E-state index in [1.54, 1.807) is 30.3 Å². The number of anilines is 1. The summed E-state index contributed by atoms with van der Waals surface area (Å²) in [7, 11) is -5.71. The van der Waals surface area contributed by atoms with Crippen LogP contribution in [0.1, 0.15) is 31.2 Å². The lowest BCUT2D eigenvalue weighted by atomic mass is 10.1. The molecule has 0 atom stereocenters. The lowest BCUT2D eigenvalue weighted by molar-refractivity contribution is -0.116. The molecule has 1 N–H and O–H groups in total. The van der Waals surface area contributed by atoms with Gasteiger partial charge in [0, 0.05) is 38.3 Å². The van der Waals surface area contributed by atoms with Gasteiger partial charge in [-0.15, -0.1) is 0 Å². The third-order valence-electron chi connectivity index (χ3n) is 6.57. The SMILES string of the molecule is COc1ccc(S(=O)(=O)N2CCCCC2)cc1CCC(=O)Nc1ccc(S(=O)(=O)N2CCOCC2)cc1. The first-order chi connectivity index (χ1) is 17.7. The van der Waals surface area contributed by atoms with E-state index in [1.165, 1.54) is 27.9 Å². The zero-order chi connectivity index (χ0) is 26.5. The van der Waals surface area contributed by atoms with Crippen molar-refractivity contribution in [1.29, 1.82) is 0 Å². The summed E-state index contributed by atoms with van der Waals surface area (Å²) in [5.74, 6) is 0.234. The van der Waals surface area contributed by atoms with E-state index in [2.05, 4.69) is 5.32 Å². The highest BCUT2D eigenvalue weighted by molar-refractivity contribution is 7.89. The van der Waals surface area contributed by atoms with Gasteiger partial charge in [0.1, 0.15) is 5.75 Å². The average Bonchev–Trinajstić information content (AvgIpc) is 2.93. The van der Waals surface area contributed by atoms with E-state index in [0.717, 1.165) is 19.3 Å². The van der Waals surface area contributed by atoms with Gasteiger partial charge in [-0.1, -0.05) is 6.42 Å². The fourth-order valence-corrected chi connectivity index (χ4v) is 7.46. The average molecular weight is 552 g/mol. The summed E-state index contributed by atoms with van der Waals surface area (Å²) in [5, 5.41) is 2.77. The van der Waals surface area contributed by atoms with Crippen LogP contribution in [-0.2, 0) is 36.0 Å². The lowest BCUT2D eigenvalue weighted by Crippen LogP contribution is -2.40. The molecule has 0 aliphatic carbocycles. The minimum atomic E-state index is -3.61. The normalized spacial score (nSPS) is 17.9. The Bertz CT molecular complexity index is 1300. The minimum Gasteiger partial charge on any atom is -0.496 e. The van der Waals surface area contributed by atoms with Gasteiger partial charge < -0.3 is 14.8 Å². The first-order valence-corrected chi connectivity index (χ1v) is 15.2. The topological polar surface area (TPSA) is 122 Å². The molecule has 0 aromatic heterocycles. The molecule has 0 saturated carbocycles. The van der Waals surface area contributed by atoms with Gasteiger partial charge in [0.25, 0.3) is 0 Å². The number of aryl methyl sites for hydroxylation is 1. The Labute approximate surface area is 218 Å². The number of amides is 1. The van der Waals surface area contributed by atoms with Crippen molar-refractivity contribution in [2.75, 3.05) is 51.8 Å². The molecule has 2 fully saturated rings. The molecule has 2 aromatic carbocycles. The van der Waals surface area contributed by atoms with Gasteiger partial charge in [-0.25, -0.2) is 16.8 Å². The summed E-state index contributed by atoms with van der Waals surface area (Å²) in [6.45, 7) is 2.38. The number of ether oxygens (including phenoxy) is 2. The van der Waals surface area contributed by atoms with Crippen molar-refractivity contribution in [3.8, 4) is 5.75 Å². The van der Waals surface area contributed by atoms with Crippen LogP contribution in [0.3, 0.4) is 0 Å². The Kier molecular flexibility index (Phi) is 8.86. The van der Waals surface area contributed by atoms with Crippen LogP contribution < -0.4 is 10.1 Å². The molecule has 202 valence electrons. The van der Waals surface area contributed by atoms with Gasteiger partial charge in [0.2, 0.25) is 26.0 Å². The van der Waals surface area contributed by atoms with Crippen molar-refractivity contribution in [1.82, 2.24) is 8.61 Å². The van der Waals surface area contributed by atoms with E-state index in [-0.39, 0.29) is 28.5 Å². The summed E-state index contributed by atoms with van der Waals surface area (Å²) in [6, 6.07) is 10.8. The summed E-state index contributed by atoms with van der Waals surface area (Å²) < 4.78 is 65.2. The standard InChI is InChI=1S/C25H33N3O7S2/c1-34-24-11-10-23(37(32,33)27-13-3-2-4-14-27)19-20(24)5-12-25(29)26-21-6-8-22(9-7-21)36(30,31)28-15-17-35-18-16-28/h6-11,19H,2-5,12-18H2,1H3,(H,26,29). The smallest absolute Gasteiger partial charge is 0.243 e. The molecule has 10 nitrogen and oxygen atoms in total. The van der Waals surface area contributed by atoms with Crippen LogP contribution in [0.4, 0.5) is 5.69 Å². The Morgan fingerprint density at radius 3 is 2.11 bits per heavy atom. The largest absolute Gasteiger partial charge is 0.496 e. The first kappa shape index (κ1) is 27.5. The number of hydrogen-bond donors (Lipinski definition) is 1. The van der Waals surface area contributed by atoms with Crippen LogP contribution in [0.5, 0.6) is 5.75 Å². The number of carbonyl (C=O) groups excluding carboxylic acids is 1. The summed E-state index contributed by atoms with van der Waals surface area (Å²) in [5.41, 5.74) is 1.10. The van der Waals surface area contributed by atoms with Crippen LogP contribution in [0.2, 0.25) is 0 Å². The number of nitrogens with zero attached hydrogens (tertiary/aromatic N) is 2. The number of carbonyl (C=O) groups is 1. The molecule has 0 bridgehead atoms. The zero-order valence-corrected chi connectivity index (χ0v) is 22.5. The van der Waals surface area contributed by atoms with E-state index in [9.17, 15) is 21.6 Å². The highest BCUT2D eigenvalue weighted by Gasteiger charge is 2.27. The fourth-order valence-electron chi connectivity index (χ4n) is 4.48. The number of morpholine rings is 1. The molecule has 2 saturated heterocycles. The minimum absolute atomic E-state index is 0.0946. The first-order valence-electron chi connectivity index (χ1n) is 12.4.